The van der Waals surface area contributed by atoms with Gasteiger partial charge < -0.3 is 14.8 Å². The number of amides is 1. The van der Waals surface area contributed by atoms with Gasteiger partial charge in [-0.25, -0.2) is 9.59 Å². The molecule has 0 radical (unpaired) electrons. The van der Waals surface area contributed by atoms with E-state index < -0.39 is 23.7 Å². The van der Waals surface area contributed by atoms with Crippen molar-refractivity contribution < 1.29 is 19.1 Å². The zero-order valence-corrected chi connectivity index (χ0v) is 16.8. The predicted octanol–water partition coefficient (Wildman–Crippen LogP) is 4.79. The van der Waals surface area contributed by atoms with Crippen LogP contribution in [0.4, 0.5) is 4.79 Å². The predicted molar refractivity (Wildman–Crippen MR) is 107 cm³/mol. The Hall–Kier alpha value is -2.60. The summed E-state index contributed by atoms with van der Waals surface area (Å²) >= 11 is 1.56. The van der Waals surface area contributed by atoms with Gasteiger partial charge in [-0.1, -0.05) is 36.4 Å². The second-order valence-electron chi connectivity index (χ2n) is 7.04. The van der Waals surface area contributed by atoms with Gasteiger partial charge in [0.1, 0.15) is 18.2 Å². The van der Waals surface area contributed by atoms with Crippen LogP contribution >= 0.6 is 11.3 Å². The van der Waals surface area contributed by atoms with Gasteiger partial charge in [0.15, 0.2) is 0 Å². The summed E-state index contributed by atoms with van der Waals surface area (Å²) in [5.41, 5.74) is 1.10. The highest BCUT2D eigenvalue weighted by Gasteiger charge is 2.24. The van der Waals surface area contributed by atoms with Crippen LogP contribution in [0.2, 0.25) is 0 Å². The first-order chi connectivity index (χ1) is 12.7. The Morgan fingerprint density at radius 2 is 1.85 bits per heavy atom. The number of esters is 1. The smallest absolute Gasteiger partial charge is 0.408 e. The molecule has 0 bridgehead atoms. The largest absolute Gasteiger partial charge is 0.459 e. The van der Waals surface area contributed by atoms with Gasteiger partial charge in [0.25, 0.3) is 0 Å². The van der Waals surface area contributed by atoms with Crippen molar-refractivity contribution in [2.75, 3.05) is 0 Å². The molecule has 0 spiro atoms. The summed E-state index contributed by atoms with van der Waals surface area (Å²) in [7, 11) is 0. The molecule has 2 aromatic rings. The van der Waals surface area contributed by atoms with E-state index >= 15 is 0 Å². The summed E-state index contributed by atoms with van der Waals surface area (Å²) in [6.45, 7) is 7.32. The number of nitrogens with one attached hydrogen (secondary N) is 1. The van der Waals surface area contributed by atoms with Crippen LogP contribution in [0.25, 0.3) is 5.57 Å². The van der Waals surface area contributed by atoms with Gasteiger partial charge in [0.2, 0.25) is 0 Å². The van der Waals surface area contributed by atoms with E-state index in [0.29, 0.717) is 0 Å². The SMILES string of the molecule is C/C(=C\C(NC(=O)OC(C)(C)C)C(=O)OCc1ccccc1)c1cccs1. The molecule has 0 aliphatic rings. The zero-order valence-electron chi connectivity index (χ0n) is 16.0. The van der Waals surface area contributed by atoms with E-state index in [-0.39, 0.29) is 6.61 Å². The minimum absolute atomic E-state index is 0.137. The van der Waals surface area contributed by atoms with Crippen molar-refractivity contribution in [3.05, 3.63) is 64.4 Å². The Morgan fingerprint density at radius 1 is 1.15 bits per heavy atom. The summed E-state index contributed by atoms with van der Waals surface area (Å²) in [4.78, 5) is 25.8. The van der Waals surface area contributed by atoms with Crippen molar-refractivity contribution in [2.24, 2.45) is 0 Å². The Balaban J connectivity index is 2.11. The van der Waals surface area contributed by atoms with E-state index in [1.165, 1.54) is 0 Å². The highest BCUT2D eigenvalue weighted by Crippen LogP contribution is 2.20. The van der Waals surface area contributed by atoms with E-state index in [1.54, 1.807) is 38.2 Å². The topological polar surface area (TPSA) is 64.6 Å². The zero-order chi connectivity index (χ0) is 19.9. The van der Waals surface area contributed by atoms with Crippen LogP contribution in [0.3, 0.4) is 0 Å². The molecular formula is C21H25NO4S. The van der Waals surface area contributed by atoms with Crippen LogP contribution in [0.5, 0.6) is 0 Å². The first kappa shape index (κ1) is 20.7. The quantitative estimate of drug-likeness (QED) is 0.724. The molecule has 27 heavy (non-hydrogen) atoms. The van der Waals surface area contributed by atoms with E-state index in [0.717, 1.165) is 16.0 Å². The lowest BCUT2D eigenvalue weighted by Gasteiger charge is -2.22. The Kier molecular flexibility index (Phi) is 7.19. The van der Waals surface area contributed by atoms with E-state index in [4.69, 9.17) is 9.47 Å². The number of hydrogen-bond donors (Lipinski definition) is 1. The van der Waals surface area contributed by atoms with Crippen LogP contribution in [0.1, 0.15) is 38.1 Å². The third-order valence-corrected chi connectivity index (χ3v) is 4.48. The van der Waals surface area contributed by atoms with Crippen LogP contribution in [0, 0.1) is 0 Å². The van der Waals surface area contributed by atoms with Gasteiger partial charge in [-0.05, 0) is 56.4 Å². The monoisotopic (exact) mass is 387 g/mol. The maximum atomic E-state index is 12.6. The highest BCUT2D eigenvalue weighted by molar-refractivity contribution is 7.11. The number of thiophene rings is 1. The molecule has 0 aliphatic heterocycles. The van der Waals surface area contributed by atoms with Crippen LogP contribution < -0.4 is 5.32 Å². The van der Waals surface area contributed by atoms with Crippen molar-refractivity contribution in [1.29, 1.82) is 0 Å². The number of rotatable bonds is 6. The second-order valence-corrected chi connectivity index (χ2v) is 7.99. The fourth-order valence-electron chi connectivity index (χ4n) is 2.26. The van der Waals surface area contributed by atoms with Gasteiger partial charge in [0, 0.05) is 4.88 Å². The molecule has 6 heteroatoms. The number of hydrogen-bond acceptors (Lipinski definition) is 5. The average Bonchev–Trinajstić information content (AvgIpc) is 3.13. The summed E-state index contributed by atoms with van der Waals surface area (Å²) < 4.78 is 10.7. The lowest BCUT2D eigenvalue weighted by Crippen LogP contribution is -2.43. The van der Waals surface area contributed by atoms with Crippen molar-refractivity contribution in [3.63, 3.8) is 0 Å². The normalized spacial score (nSPS) is 13.0. The van der Waals surface area contributed by atoms with Crippen LogP contribution in [-0.2, 0) is 20.9 Å². The number of allylic oxidation sites excluding steroid dienone is 1. The molecule has 1 heterocycles. The molecule has 144 valence electrons. The Labute approximate surface area is 164 Å². The molecule has 1 amide bonds. The summed E-state index contributed by atoms with van der Waals surface area (Å²) in [5.74, 6) is -0.541. The molecule has 0 saturated heterocycles. The van der Waals surface area contributed by atoms with Gasteiger partial charge in [0.05, 0.1) is 0 Å². The van der Waals surface area contributed by atoms with Crippen LogP contribution in [-0.4, -0.2) is 23.7 Å². The fourth-order valence-corrected chi connectivity index (χ4v) is 2.97. The van der Waals surface area contributed by atoms with Crippen molar-refractivity contribution in [3.8, 4) is 0 Å². The molecule has 5 nitrogen and oxygen atoms in total. The minimum Gasteiger partial charge on any atom is -0.459 e. The lowest BCUT2D eigenvalue weighted by atomic mass is 10.1. The third-order valence-electron chi connectivity index (χ3n) is 3.48. The van der Waals surface area contributed by atoms with Gasteiger partial charge in [-0.2, -0.15) is 0 Å². The van der Waals surface area contributed by atoms with Crippen molar-refractivity contribution in [2.45, 2.75) is 45.9 Å². The number of benzene rings is 1. The first-order valence-electron chi connectivity index (χ1n) is 8.67. The molecule has 1 aromatic heterocycles. The molecular weight excluding hydrogens is 362 g/mol. The standard InChI is InChI=1S/C21H25NO4S/c1-15(18-11-8-12-27-18)13-17(22-20(24)26-21(2,3)4)19(23)25-14-16-9-6-5-7-10-16/h5-13,17H,14H2,1-4H3,(H,22,24)/b15-13+. The van der Waals surface area contributed by atoms with Gasteiger partial charge in [-0.3, -0.25) is 0 Å². The second kappa shape index (κ2) is 9.37. The van der Waals surface area contributed by atoms with E-state index in [1.807, 2.05) is 54.8 Å². The Morgan fingerprint density at radius 3 is 2.44 bits per heavy atom. The molecule has 1 unspecified atom stereocenters. The Bertz CT molecular complexity index is 776. The lowest BCUT2D eigenvalue weighted by molar-refractivity contribution is -0.146. The number of alkyl carbamates (subject to hydrolysis) is 1. The summed E-state index contributed by atoms with van der Waals surface area (Å²) in [6.07, 6.45) is 1.02. The fraction of sp³-hybridized carbons (Fsp3) is 0.333. The van der Waals surface area contributed by atoms with E-state index in [2.05, 4.69) is 5.32 Å². The first-order valence-corrected chi connectivity index (χ1v) is 9.55. The highest BCUT2D eigenvalue weighted by atomic mass is 32.1. The molecule has 1 aromatic carbocycles. The molecule has 1 atom stereocenters. The van der Waals surface area contributed by atoms with Crippen molar-refractivity contribution >= 4 is 29.0 Å². The maximum Gasteiger partial charge on any atom is 0.408 e. The number of carbonyl (C=O) groups excluding carboxylic acids is 2. The average molecular weight is 388 g/mol. The van der Waals surface area contributed by atoms with Gasteiger partial charge >= 0.3 is 12.1 Å². The van der Waals surface area contributed by atoms with Gasteiger partial charge in [-0.15, -0.1) is 11.3 Å². The van der Waals surface area contributed by atoms with E-state index in [9.17, 15) is 9.59 Å². The maximum absolute atomic E-state index is 12.6. The minimum atomic E-state index is -0.939. The third kappa shape index (κ3) is 7.27. The molecule has 0 saturated carbocycles. The molecule has 1 N–H and O–H groups in total. The number of carbonyl (C=O) groups is 2. The number of ether oxygens (including phenoxy) is 2. The molecule has 2 rings (SSSR count). The van der Waals surface area contributed by atoms with Crippen LogP contribution in [0.15, 0.2) is 53.9 Å². The summed E-state index contributed by atoms with van der Waals surface area (Å²) in [6, 6.07) is 12.3. The summed E-state index contributed by atoms with van der Waals surface area (Å²) in [5, 5.41) is 4.55. The molecule has 0 aliphatic carbocycles. The van der Waals surface area contributed by atoms with Crippen molar-refractivity contribution in [1.82, 2.24) is 5.32 Å². The molecule has 0 fully saturated rings.